The lowest BCUT2D eigenvalue weighted by molar-refractivity contribution is 0.0361. The number of hydrogen-bond donors (Lipinski definition) is 1. The van der Waals surface area contributed by atoms with E-state index in [2.05, 4.69) is 64.4 Å². The van der Waals surface area contributed by atoms with Gasteiger partial charge in [0.2, 0.25) is 6.23 Å². The first-order chi connectivity index (χ1) is 12.2. The van der Waals surface area contributed by atoms with Crippen molar-refractivity contribution in [3.8, 4) is 5.75 Å². The van der Waals surface area contributed by atoms with Crippen LogP contribution in [0.1, 0.15) is 57.5 Å². The van der Waals surface area contributed by atoms with Gasteiger partial charge >= 0.3 is 0 Å². The lowest BCUT2D eigenvalue weighted by atomic mass is 9.74. The Hall–Kier alpha value is -2.33. The van der Waals surface area contributed by atoms with Crippen molar-refractivity contribution in [1.82, 2.24) is 5.48 Å². The van der Waals surface area contributed by atoms with Crippen LogP contribution in [0, 0.1) is 0 Å². The minimum absolute atomic E-state index is 0.0588. The highest BCUT2D eigenvalue weighted by atomic mass is 16.7. The van der Waals surface area contributed by atoms with E-state index in [1.54, 1.807) is 7.11 Å². The molecular weight excluding hydrogens is 324 g/mol. The number of benzene rings is 2. The average Bonchev–Trinajstić information content (AvgIpc) is 3.12. The predicted molar refractivity (Wildman–Crippen MR) is 106 cm³/mol. The van der Waals surface area contributed by atoms with Gasteiger partial charge in [0.1, 0.15) is 11.6 Å². The molecule has 0 bridgehead atoms. The molecule has 0 aliphatic carbocycles. The van der Waals surface area contributed by atoms with E-state index in [1.807, 2.05) is 24.3 Å². The lowest BCUT2D eigenvalue weighted by Crippen LogP contribution is -2.38. The van der Waals surface area contributed by atoms with Gasteiger partial charge < -0.3 is 4.74 Å². The molecule has 4 nitrogen and oxygen atoms in total. The van der Waals surface area contributed by atoms with Crippen molar-refractivity contribution < 1.29 is 9.57 Å². The molecule has 0 spiro atoms. The standard InChI is InChI=1S/C22H28N2O2/c1-21(2,3)17-9-7-8-10-18(17)22(4,5)20-23-19(26-24-20)15-11-13-16(25-6)14-12-15/h7-14,19H,1-6H3,(H,23,24). The van der Waals surface area contributed by atoms with Crippen LogP contribution < -0.4 is 10.2 Å². The molecule has 1 aliphatic heterocycles. The van der Waals surface area contributed by atoms with Crippen LogP contribution in [0.4, 0.5) is 0 Å². The van der Waals surface area contributed by atoms with Gasteiger partial charge in [-0.1, -0.05) is 57.2 Å². The molecular formula is C22H28N2O2. The topological polar surface area (TPSA) is 42.8 Å². The van der Waals surface area contributed by atoms with Gasteiger partial charge in [0.25, 0.3) is 0 Å². The molecule has 1 heterocycles. The summed E-state index contributed by atoms with van der Waals surface area (Å²) < 4.78 is 5.22. The molecule has 3 rings (SSSR count). The summed E-state index contributed by atoms with van der Waals surface area (Å²) in [5.41, 5.74) is 6.42. The van der Waals surface area contributed by atoms with E-state index in [1.165, 1.54) is 11.1 Å². The minimum atomic E-state index is -0.350. The third-order valence-electron chi connectivity index (χ3n) is 4.91. The number of rotatable bonds is 4. The van der Waals surface area contributed by atoms with E-state index in [-0.39, 0.29) is 17.1 Å². The molecule has 0 saturated heterocycles. The number of ether oxygens (including phenoxy) is 1. The maximum Gasteiger partial charge on any atom is 0.202 e. The molecule has 0 radical (unpaired) electrons. The van der Waals surface area contributed by atoms with Crippen LogP contribution in [-0.2, 0) is 15.7 Å². The highest BCUT2D eigenvalue weighted by Crippen LogP contribution is 2.37. The molecule has 2 aromatic rings. The van der Waals surface area contributed by atoms with Crippen molar-refractivity contribution in [1.29, 1.82) is 0 Å². The van der Waals surface area contributed by atoms with Gasteiger partial charge in [-0.15, -0.1) is 0 Å². The summed E-state index contributed by atoms with van der Waals surface area (Å²) in [5, 5.41) is 0. The van der Waals surface area contributed by atoms with Crippen LogP contribution in [0.25, 0.3) is 0 Å². The quantitative estimate of drug-likeness (QED) is 0.851. The zero-order valence-electron chi connectivity index (χ0n) is 16.5. The van der Waals surface area contributed by atoms with E-state index < -0.39 is 0 Å². The number of amidine groups is 1. The zero-order chi connectivity index (χ0) is 18.9. The Bertz CT molecular complexity index is 802. The zero-order valence-corrected chi connectivity index (χ0v) is 16.5. The summed E-state index contributed by atoms with van der Waals surface area (Å²) in [6.07, 6.45) is -0.350. The van der Waals surface area contributed by atoms with Gasteiger partial charge in [0.05, 0.1) is 7.11 Å². The number of aliphatic imine (C=N–C) groups is 1. The fourth-order valence-electron chi connectivity index (χ4n) is 3.29. The van der Waals surface area contributed by atoms with Crippen LogP contribution >= 0.6 is 0 Å². The molecule has 0 amide bonds. The summed E-state index contributed by atoms with van der Waals surface area (Å²) in [7, 11) is 1.66. The minimum Gasteiger partial charge on any atom is -0.497 e. The van der Waals surface area contributed by atoms with Gasteiger partial charge in [0, 0.05) is 11.0 Å². The first kappa shape index (κ1) is 18.5. The summed E-state index contributed by atoms with van der Waals surface area (Å²) in [5.74, 6) is 1.67. The first-order valence-electron chi connectivity index (χ1n) is 8.97. The van der Waals surface area contributed by atoms with Gasteiger partial charge in [-0.25, -0.2) is 15.3 Å². The van der Waals surface area contributed by atoms with Crippen LogP contribution in [0.2, 0.25) is 0 Å². The fourth-order valence-corrected chi connectivity index (χ4v) is 3.29. The molecule has 0 aromatic heterocycles. The van der Waals surface area contributed by atoms with Gasteiger partial charge in [0.15, 0.2) is 0 Å². The molecule has 0 fully saturated rings. The molecule has 1 N–H and O–H groups in total. The largest absolute Gasteiger partial charge is 0.497 e. The smallest absolute Gasteiger partial charge is 0.202 e. The van der Waals surface area contributed by atoms with Crippen LogP contribution in [-0.4, -0.2) is 12.9 Å². The van der Waals surface area contributed by atoms with Crippen molar-refractivity contribution in [2.75, 3.05) is 7.11 Å². The highest BCUT2D eigenvalue weighted by Gasteiger charge is 2.36. The highest BCUT2D eigenvalue weighted by molar-refractivity contribution is 5.93. The second-order valence-corrected chi connectivity index (χ2v) is 8.24. The summed E-state index contributed by atoms with van der Waals surface area (Å²) in [6.45, 7) is 11.1. The third-order valence-corrected chi connectivity index (χ3v) is 4.91. The molecule has 0 saturated carbocycles. The monoisotopic (exact) mass is 352 g/mol. The van der Waals surface area contributed by atoms with Gasteiger partial charge in [-0.2, -0.15) is 0 Å². The Morgan fingerprint density at radius 2 is 1.54 bits per heavy atom. The molecule has 138 valence electrons. The molecule has 1 unspecified atom stereocenters. The second-order valence-electron chi connectivity index (χ2n) is 8.24. The van der Waals surface area contributed by atoms with Crippen molar-refractivity contribution >= 4 is 5.84 Å². The number of nitrogens with one attached hydrogen (secondary N) is 1. The van der Waals surface area contributed by atoms with E-state index >= 15 is 0 Å². The number of methoxy groups -OCH3 is 1. The molecule has 1 atom stereocenters. The average molecular weight is 352 g/mol. The number of nitrogens with zero attached hydrogens (tertiary/aromatic N) is 1. The SMILES string of the molecule is COc1ccc(C2N=C(C(C)(C)c3ccccc3C(C)(C)C)NO2)cc1. The maximum atomic E-state index is 5.76. The van der Waals surface area contributed by atoms with E-state index in [0.717, 1.165) is 17.1 Å². The van der Waals surface area contributed by atoms with Crippen molar-refractivity contribution in [2.45, 2.75) is 51.7 Å². The third kappa shape index (κ3) is 3.47. The van der Waals surface area contributed by atoms with Gasteiger partial charge in [-0.05, 0) is 42.5 Å². The Kier molecular flexibility index (Phi) is 4.80. The van der Waals surface area contributed by atoms with Crippen LogP contribution in [0.15, 0.2) is 53.5 Å². The molecule has 4 heteroatoms. The van der Waals surface area contributed by atoms with Crippen LogP contribution in [0.5, 0.6) is 5.75 Å². The van der Waals surface area contributed by atoms with Gasteiger partial charge in [-0.3, -0.25) is 0 Å². The Balaban J connectivity index is 1.93. The number of hydroxylamine groups is 1. The Morgan fingerprint density at radius 1 is 0.923 bits per heavy atom. The fraction of sp³-hybridized carbons (Fsp3) is 0.409. The van der Waals surface area contributed by atoms with Crippen molar-refractivity contribution in [3.05, 3.63) is 65.2 Å². The Labute approximate surface area is 156 Å². The summed E-state index contributed by atoms with van der Waals surface area (Å²) in [4.78, 5) is 10.6. The second kappa shape index (κ2) is 6.76. The molecule has 2 aromatic carbocycles. The normalized spacial score (nSPS) is 17.6. The Morgan fingerprint density at radius 3 is 2.12 bits per heavy atom. The van der Waals surface area contributed by atoms with Crippen LogP contribution in [0.3, 0.4) is 0 Å². The molecule has 1 aliphatic rings. The summed E-state index contributed by atoms with van der Waals surface area (Å²) in [6, 6.07) is 16.4. The van der Waals surface area contributed by atoms with Crippen molar-refractivity contribution in [2.24, 2.45) is 4.99 Å². The van der Waals surface area contributed by atoms with E-state index in [4.69, 9.17) is 14.6 Å². The first-order valence-corrected chi connectivity index (χ1v) is 8.97. The van der Waals surface area contributed by atoms with E-state index in [0.29, 0.717) is 0 Å². The molecule has 26 heavy (non-hydrogen) atoms. The van der Waals surface area contributed by atoms with E-state index in [9.17, 15) is 0 Å². The predicted octanol–water partition coefficient (Wildman–Crippen LogP) is 4.90. The lowest BCUT2D eigenvalue weighted by Gasteiger charge is -2.32. The number of hydrogen-bond acceptors (Lipinski definition) is 4. The maximum absolute atomic E-state index is 5.76. The van der Waals surface area contributed by atoms with Crippen molar-refractivity contribution in [3.63, 3.8) is 0 Å². The summed E-state index contributed by atoms with van der Waals surface area (Å²) >= 11 is 0.